The molecule has 0 spiro atoms. The van der Waals surface area contributed by atoms with Gasteiger partial charge in [-0.25, -0.2) is 0 Å². The third-order valence-corrected chi connectivity index (χ3v) is 4.07. The highest BCUT2D eigenvalue weighted by molar-refractivity contribution is 4.99. The molecule has 2 aliphatic rings. The van der Waals surface area contributed by atoms with Crippen molar-refractivity contribution in [3.8, 4) is 0 Å². The lowest BCUT2D eigenvalue weighted by molar-refractivity contribution is -0.913. The van der Waals surface area contributed by atoms with Crippen molar-refractivity contribution in [2.45, 2.75) is 38.1 Å². The molecular weight excluding hydrogens is 182 g/mol. The van der Waals surface area contributed by atoms with Crippen LogP contribution in [0.5, 0.6) is 0 Å². The van der Waals surface area contributed by atoms with Gasteiger partial charge >= 0.3 is 0 Å². The second-order valence-corrected chi connectivity index (χ2v) is 5.60. The number of hydrogen-bond donors (Lipinski definition) is 0. The van der Waals surface area contributed by atoms with Crippen LogP contribution in [-0.4, -0.2) is 31.2 Å². The topological polar surface area (TPSA) is 0 Å². The van der Waals surface area contributed by atoms with Gasteiger partial charge in [0, 0.05) is 12.3 Å². The fourth-order valence-electron chi connectivity index (χ4n) is 3.09. The van der Waals surface area contributed by atoms with Gasteiger partial charge < -0.3 is 4.48 Å². The standard InChI is InChI=1S/C14H24N/c1-15(2)12-8-7-11-14(15)13-9-5-3-4-6-10-13/h3-4,7,11,13-14H,5-6,8-10,12H2,1-2H3/q+1. The van der Waals surface area contributed by atoms with Crippen molar-refractivity contribution < 1.29 is 4.48 Å². The smallest absolute Gasteiger partial charge is 0.110 e. The van der Waals surface area contributed by atoms with E-state index in [1.807, 2.05) is 0 Å². The molecule has 1 heterocycles. The molecule has 1 unspecified atom stereocenters. The van der Waals surface area contributed by atoms with Crippen LogP contribution in [0.15, 0.2) is 24.3 Å². The van der Waals surface area contributed by atoms with Crippen LogP contribution >= 0.6 is 0 Å². The molecule has 0 saturated heterocycles. The van der Waals surface area contributed by atoms with Crippen LogP contribution in [0.3, 0.4) is 0 Å². The summed E-state index contributed by atoms with van der Waals surface area (Å²) >= 11 is 0. The number of hydrogen-bond acceptors (Lipinski definition) is 0. The zero-order valence-corrected chi connectivity index (χ0v) is 10.2. The summed E-state index contributed by atoms with van der Waals surface area (Å²) in [6.07, 6.45) is 16.2. The van der Waals surface area contributed by atoms with E-state index in [1.54, 1.807) is 0 Å². The third-order valence-electron chi connectivity index (χ3n) is 4.07. The van der Waals surface area contributed by atoms with Gasteiger partial charge in [-0.15, -0.1) is 0 Å². The predicted molar refractivity (Wildman–Crippen MR) is 65.6 cm³/mol. The van der Waals surface area contributed by atoms with Gasteiger partial charge in [0.15, 0.2) is 0 Å². The minimum atomic E-state index is 0.763. The number of quaternary nitrogens is 1. The Kier molecular flexibility index (Phi) is 3.30. The summed E-state index contributed by atoms with van der Waals surface area (Å²) in [5.74, 6) is 0.895. The largest absolute Gasteiger partial charge is 0.322 e. The van der Waals surface area contributed by atoms with Crippen molar-refractivity contribution in [3.05, 3.63) is 24.3 Å². The van der Waals surface area contributed by atoms with Gasteiger partial charge in [-0.2, -0.15) is 0 Å². The summed E-state index contributed by atoms with van der Waals surface area (Å²) in [5.41, 5.74) is 0. The van der Waals surface area contributed by atoms with Crippen molar-refractivity contribution >= 4 is 0 Å². The normalized spacial score (nSPS) is 31.5. The van der Waals surface area contributed by atoms with Gasteiger partial charge in [0.25, 0.3) is 0 Å². The Morgan fingerprint density at radius 3 is 2.20 bits per heavy atom. The first kappa shape index (κ1) is 10.9. The third kappa shape index (κ3) is 2.52. The number of allylic oxidation sites excluding steroid dienone is 2. The van der Waals surface area contributed by atoms with E-state index in [1.165, 1.54) is 43.1 Å². The van der Waals surface area contributed by atoms with Crippen molar-refractivity contribution in [1.82, 2.24) is 0 Å². The molecule has 1 aliphatic heterocycles. The van der Waals surface area contributed by atoms with Crippen molar-refractivity contribution in [2.75, 3.05) is 20.6 Å². The number of nitrogens with zero attached hydrogens (tertiary/aromatic N) is 1. The summed E-state index contributed by atoms with van der Waals surface area (Å²) in [4.78, 5) is 0. The minimum Gasteiger partial charge on any atom is -0.322 e. The van der Waals surface area contributed by atoms with E-state index in [9.17, 15) is 0 Å². The summed E-state index contributed by atoms with van der Waals surface area (Å²) < 4.78 is 1.20. The molecule has 0 aromatic heterocycles. The summed E-state index contributed by atoms with van der Waals surface area (Å²) in [7, 11) is 4.79. The van der Waals surface area contributed by atoms with Crippen LogP contribution in [0.4, 0.5) is 0 Å². The first-order valence-electron chi connectivity index (χ1n) is 6.34. The minimum absolute atomic E-state index is 0.763. The highest BCUT2D eigenvalue weighted by Crippen LogP contribution is 2.30. The molecule has 0 bridgehead atoms. The van der Waals surface area contributed by atoms with E-state index in [0.717, 1.165) is 12.0 Å². The quantitative estimate of drug-likeness (QED) is 0.457. The van der Waals surface area contributed by atoms with Gasteiger partial charge in [0.05, 0.1) is 20.6 Å². The van der Waals surface area contributed by atoms with Crippen molar-refractivity contribution in [3.63, 3.8) is 0 Å². The Bertz CT molecular complexity index is 253. The fraction of sp³-hybridized carbons (Fsp3) is 0.714. The molecule has 84 valence electrons. The molecule has 1 heteroatoms. The molecule has 1 nitrogen and oxygen atoms in total. The van der Waals surface area contributed by atoms with Gasteiger partial charge in [-0.3, -0.25) is 0 Å². The lowest BCUT2D eigenvalue weighted by atomic mass is 9.87. The second kappa shape index (κ2) is 4.52. The Labute approximate surface area is 94.1 Å². The summed E-state index contributed by atoms with van der Waals surface area (Å²) in [5, 5.41) is 0. The Balaban J connectivity index is 2.07. The first-order chi connectivity index (χ1) is 7.20. The molecule has 15 heavy (non-hydrogen) atoms. The number of rotatable bonds is 1. The van der Waals surface area contributed by atoms with E-state index >= 15 is 0 Å². The molecule has 1 aliphatic carbocycles. The average molecular weight is 206 g/mol. The molecular formula is C14H24N+. The Morgan fingerprint density at radius 2 is 1.60 bits per heavy atom. The molecule has 1 atom stereocenters. The number of likely N-dealkylation sites (N-methyl/N-ethyl adjacent to an activating group) is 1. The molecule has 0 saturated carbocycles. The summed E-state index contributed by atoms with van der Waals surface area (Å²) in [6, 6.07) is 0.763. The zero-order valence-electron chi connectivity index (χ0n) is 10.2. The molecule has 0 aromatic rings. The lowest BCUT2D eigenvalue weighted by Gasteiger charge is -2.42. The van der Waals surface area contributed by atoms with E-state index in [0.29, 0.717) is 0 Å². The zero-order chi connectivity index (χ0) is 10.7. The Morgan fingerprint density at radius 1 is 0.933 bits per heavy atom. The molecule has 0 radical (unpaired) electrons. The van der Waals surface area contributed by atoms with Crippen molar-refractivity contribution in [2.24, 2.45) is 5.92 Å². The van der Waals surface area contributed by atoms with Crippen LogP contribution in [0.1, 0.15) is 32.1 Å². The van der Waals surface area contributed by atoms with Crippen LogP contribution in [-0.2, 0) is 0 Å². The van der Waals surface area contributed by atoms with Gasteiger partial charge in [-0.05, 0) is 31.8 Å². The van der Waals surface area contributed by atoms with E-state index in [4.69, 9.17) is 0 Å². The molecule has 0 N–H and O–H groups in total. The molecule has 2 rings (SSSR count). The van der Waals surface area contributed by atoms with Gasteiger partial charge in [0.2, 0.25) is 0 Å². The Hall–Kier alpha value is -0.560. The maximum absolute atomic E-state index is 2.49. The van der Waals surface area contributed by atoms with Crippen LogP contribution < -0.4 is 0 Å². The second-order valence-electron chi connectivity index (χ2n) is 5.60. The highest BCUT2D eigenvalue weighted by Gasteiger charge is 2.34. The lowest BCUT2D eigenvalue weighted by Crippen LogP contribution is -2.53. The van der Waals surface area contributed by atoms with Crippen molar-refractivity contribution in [1.29, 1.82) is 0 Å². The monoisotopic (exact) mass is 206 g/mol. The molecule has 0 aromatic carbocycles. The molecule has 0 amide bonds. The maximum Gasteiger partial charge on any atom is 0.110 e. The van der Waals surface area contributed by atoms with Crippen LogP contribution in [0, 0.1) is 5.92 Å². The average Bonchev–Trinajstić information content (AvgIpc) is 2.45. The maximum atomic E-state index is 2.49. The first-order valence-corrected chi connectivity index (χ1v) is 6.34. The fourth-order valence-corrected chi connectivity index (χ4v) is 3.09. The summed E-state index contributed by atoms with van der Waals surface area (Å²) in [6.45, 7) is 1.31. The van der Waals surface area contributed by atoms with E-state index in [2.05, 4.69) is 38.4 Å². The van der Waals surface area contributed by atoms with E-state index < -0.39 is 0 Å². The molecule has 0 fully saturated rings. The van der Waals surface area contributed by atoms with Gasteiger partial charge in [-0.1, -0.05) is 18.2 Å². The van der Waals surface area contributed by atoms with Crippen LogP contribution in [0.2, 0.25) is 0 Å². The highest BCUT2D eigenvalue weighted by atomic mass is 15.3. The van der Waals surface area contributed by atoms with Crippen LogP contribution in [0.25, 0.3) is 0 Å². The SMILES string of the molecule is C[N+]1(C)CCC=CC1C1CCC=CCC1. The predicted octanol–water partition coefficient (Wildman–Crippen LogP) is 3.14. The van der Waals surface area contributed by atoms with E-state index in [-0.39, 0.29) is 0 Å². The van der Waals surface area contributed by atoms with Gasteiger partial charge in [0.1, 0.15) is 6.04 Å².